The molecule has 0 unspecified atom stereocenters. The number of carbonyl (C=O) groups is 1. The third kappa shape index (κ3) is 7.22. The van der Waals surface area contributed by atoms with E-state index in [1.54, 1.807) is 109 Å². The zero-order valence-corrected chi connectivity index (χ0v) is 21.7. The number of nitrogens with one attached hydrogen (secondary N) is 1. The number of benzene rings is 2. The van der Waals surface area contributed by atoms with Crippen molar-refractivity contribution in [2.75, 3.05) is 0 Å². The van der Waals surface area contributed by atoms with Gasteiger partial charge in [0.05, 0.1) is 5.71 Å². The van der Waals surface area contributed by atoms with E-state index in [2.05, 4.69) is 40.6 Å². The summed E-state index contributed by atoms with van der Waals surface area (Å²) in [7, 11) is 0. The number of allylic oxidation sites excluding steroid dienone is 13. The van der Waals surface area contributed by atoms with Crippen molar-refractivity contribution < 1.29 is 4.79 Å². The molecule has 0 atom stereocenters. The lowest BCUT2D eigenvalue weighted by Crippen LogP contribution is -2.08. The summed E-state index contributed by atoms with van der Waals surface area (Å²) in [5.41, 5.74) is 29.3. The first-order valence-electron chi connectivity index (χ1n) is 12.2. The van der Waals surface area contributed by atoms with Gasteiger partial charge in [-0.15, -0.1) is 5.10 Å². The molecule has 0 radical (unpaired) electrons. The zero-order chi connectivity index (χ0) is 29.7. The number of nitrogens with zero attached hydrogens (tertiary/aromatic N) is 11. The molecule has 2 aliphatic rings. The minimum Gasteiger partial charge on any atom is -0.289 e. The summed E-state index contributed by atoms with van der Waals surface area (Å²) in [6, 6.07) is 13.3. The van der Waals surface area contributed by atoms with E-state index < -0.39 is 0 Å². The molecule has 13 heteroatoms. The highest BCUT2D eigenvalue weighted by Gasteiger charge is 2.20. The lowest BCUT2D eigenvalue weighted by atomic mass is 9.89. The van der Waals surface area contributed by atoms with Gasteiger partial charge in [0.25, 0.3) is 5.39 Å². The Labute approximate surface area is 238 Å². The molecule has 200 valence electrons. The molecular formula is C29H19N12O+. The van der Waals surface area contributed by atoms with Crippen molar-refractivity contribution in [1.82, 2.24) is 0 Å². The van der Waals surface area contributed by atoms with Gasteiger partial charge in [-0.05, 0) is 69.8 Å². The first-order chi connectivity index (χ1) is 20.5. The van der Waals surface area contributed by atoms with Crippen molar-refractivity contribution in [3.8, 4) is 0 Å². The number of azide groups is 2. The maximum absolute atomic E-state index is 14.4. The summed E-state index contributed by atoms with van der Waals surface area (Å²) in [6.45, 7) is 0. The van der Waals surface area contributed by atoms with Gasteiger partial charge in [0, 0.05) is 32.3 Å². The Balaban J connectivity index is 1.88. The highest BCUT2D eigenvalue weighted by Crippen LogP contribution is 2.29. The first kappa shape index (κ1) is 28.3. The Kier molecular flexibility index (Phi) is 9.35. The molecule has 0 spiro atoms. The van der Waals surface area contributed by atoms with Crippen LogP contribution in [0.3, 0.4) is 0 Å². The maximum Gasteiger partial charge on any atom is 0.339 e. The summed E-state index contributed by atoms with van der Waals surface area (Å²) in [4.78, 5) is 20.0. The lowest BCUT2D eigenvalue weighted by molar-refractivity contribution is -0.110. The fourth-order valence-corrected chi connectivity index (χ4v) is 3.94. The molecule has 2 aromatic carbocycles. The number of hydrogen-bond donors (Lipinski definition) is 1. The van der Waals surface area contributed by atoms with Crippen molar-refractivity contribution in [3.63, 3.8) is 0 Å². The average Bonchev–Trinajstić information content (AvgIpc) is 3.02. The molecule has 42 heavy (non-hydrogen) atoms. The maximum atomic E-state index is 14.4. The van der Waals surface area contributed by atoms with Gasteiger partial charge in [0.2, 0.25) is 0 Å². The molecule has 0 saturated carbocycles. The van der Waals surface area contributed by atoms with E-state index in [0.717, 1.165) is 0 Å². The predicted octanol–water partition coefficient (Wildman–Crippen LogP) is 8.75. The Morgan fingerprint density at radius 2 is 1.36 bits per heavy atom. The molecule has 0 heterocycles. The predicted molar refractivity (Wildman–Crippen MR) is 160 cm³/mol. The van der Waals surface area contributed by atoms with Crippen LogP contribution in [0.1, 0.15) is 11.1 Å². The number of rotatable bonds is 8. The van der Waals surface area contributed by atoms with Crippen LogP contribution >= 0.6 is 0 Å². The van der Waals surface area contributed by atoms with E-state index in [1.807, 2.05) is 0 Å². The quantitative estimate of drug-likeness (QED) is 0.0649. The molecule has 4 rings (SSSR count). The molecule has 0 saturated heterocycles. The van der Waals surface area contributed by atoms with Crippen molar-refractivity contribution in [2.45, 2.75) is 0 Å². The molecular weight excluding hydrogens is 532 g/mol. The second-order valence-corrected chi connectivity index (χ2v) is 8.49. The van der Waals surface area contributed by atoms with Crippen molar-refractivity contribution in [3.05, 3.63) is 157 Å². The Hall–Kier alpha value is -6.73. The largest absolute Gasteiger partial charge is 0.339 e. The lowest BCUT2D eigenvalue weighted by Gasteiger charge is -2.14. The van der Waals surface area contributed by atoms with Crippen LogP contribution in [-0.2, 0) is 4.79 Å². The minimum atomic E-state index is -0.322. The Morgan fingerprint density at radius 3 is 1.90 bits per heavy atom. The molecule has 1 N–H and O–H groups in total. The average molecular weight is 552 g/mol. The fourth-order valence-electron chi connectivity index (χ4n) is 3.94. The summed E-state index contributed by atoms with van der Waals surface area (Å²) < 4.78 is 0. The molecule has 0 bridgehead atoms. The highest BCUT2D eigenvalue weighted by atomic mass is 16.1. The Bertz CT molecular complexity index is 1810. The van der Waals surface area contributed by atoms with Gasteiger partial charge in [-0.2, -0.15) is 5.53 Å². The fraction of sp³-hybridized carbons (Fsp3) is 0. The van der Waals surface area contributed by atoms with E-state index in [9.17, 15) is 4.79 Å². The number of diazo groups is 1. The molecule has 13 nitrogen and oxygen atoms in total. The second-order valence-electron chi connectivity index (χ2n) is 8.49. The van der Waals surface area contributed by atoms with Crippen molar-refractivity contribution in [2.24, 2.45) is 25.7 Å². The molecule has 0 amide bonds. The van der Waals surface area contributed by atoms with E-state index in [4.69, 9.17) is 22.0 Å². The van der Waals surface area contributed by atoms with Crippen LogP contribution in [-0.4, -0.2) is 17.2 Å². The van der Waals surface area contributed by atoms with Gasteiger partial charge in [-0.1, -0.05) is 88.3 Å². The smallest absolute Gasteiger partial charge is 0.289 e. The van der Waals surface area contributed by atoms with Gasteiger partial charge in [0.15, 0.2) is 16.6 Å². The van der Waals surface area contributed by atoms with Crippen LogP contribution in [0.15, 0.2) is 146 Å². The van der Waals surface area contributed by atoms with Crippen LogP contribution < -0.4 is 0 Å². The van der Waals surface area contributed by atoms with Crippen LogP contribution in [0.25, 0.3) is 37.6 Å². The number of Topliss-reactive ketones (excluding diaryl/α,β-unsaturated/α-hetero) is 1. The van der Waals surface area contributed by atoms with Gasteiger partial charge in [-0.3, -0.25) is 4.79 Å². The minimum absolute atomic E-state index is 0.322. The van der Waals surface area contributed by atoms with Gasteiger partial charge in [0.1, 0.15) is 0 Å². The molecule has 0 aromatic heterocycles. The van der Waals surface area contributed by atoms with Crippen LogP contribution in [0.5, 0.6) is 0 Å². The molecule has 0 fully saturated rings. The van der Waals surface area contributed by atoms with E-state index >= 15 is 0 Å². The number of carbonyl (C=O) groups excluding carboxylic acids is 1. The third-order valence-corrected chi connectivity index (χ3v) is 5.90. The van der Waals surface area contributed by atoms with Crippen molar-refractivity contribution in [1.29, 1.82) is 10.9 Å². The summed E-state index contributed by atoms with van der Waals surface area (Å²) in [6.07, 6.45) is 16.9. The zero-order valence-electron chi connectivity index (χ0n) is 21.7. The molecule has 2 aromatic rings. The summed E-state index contributed by atoms with van der Waals surface area (Å²) >= 11 is 0. The van der Waals surface area contributed by atoms with E-state index in [1.165, 1.54) is 0 Å². The third-order valence-electron chi connectivity index (χ3n) is 5.90. The van der Waals surface area contributed by atoms with Crippen LogP contribution in [0, 0.1) is 10.9 Å². The molecule has 2 aliphatic carbocycles. The summed E-state index contributed by atoms with van der Waals surface area (Å²) in [5, 5.41) is 29.1. The van der Waals surface area contributed by atoms with Gasteiger partial charge < -0.3 is 0 Å². The van der Waals surface area contributed by atoms with Crippen LogP contribution in [0.4, 0.5) is 11.4 Å². The molecule has 0 aliphatic heterocycles. The van der Waals surface area contributed by atoms with Crippen LogP contribution in [0.2, 0.25) is 0 Å². The van der Waals surface area contributed by atoms with Crippen molar-refractivity contribution >= 4 is 40.2 Å². The standard InChI is InChI=1S/C29H19N12O/c30-38-34-23-9-1-19(2-10-23)17-27(21-5-13-25(14-6-21)36-40-32)29(42)28(22-7-15-26(16-8-22)37-41-33)18-20-3-11-24(12-4-20)35-39-31/h1-18,30H/q+1. The number of ketones is 1. The topological polar surface area (TPSA) is 204 Å². The first-order valence-corrected chi connectivity index (χ1v) is 12.2. The Morgan fingerprint density at radius 1 is 0.786 bits per heavy atom. The normalized spacial score (nSPS) is 13.5. The SMILES string of the molecule is N#[N+]N=C1C=CC(=C(C=C2C=CC(=NN=N)C=C2)C(=O)C(=Cc2ccc(N=[N+]=[N-])cc2)c2ccc(N=[N+]=[N-])cc2)C=C1. The summed E-state index contributed by atoms with van der Waals surface area (Å²) in [5.74, 6) is -0.322. The van der Waals surface area contributed by atoms with Gasteiger partial charge in [-0.25, -0.2) is 0 Å². The highest BCUT2D eigenvalue weighted by molar-refractivity contribution is 6.33. The van der Waals surface area contributed by atoms with E-state index in [-0.39, 0.29) is 5.78 Å². The van der Waals surface area contributed by atoms with E-state index in [0.29, 0.717) is 56.2 Å². The second kappa shape index (κ2) is 13.9. The monoisotopic (exact) mass is 551 g/mol. The van der Waals surface area contributed by atoms with Gasteiger partial charge >= 0.3 is 5.08 Å². The number of hydrogen-bond acceptors (Lipinski definition) is 7.